The molecule has 0 N–H and O–H groups in total. The Bertz CT molecular complexity index is 1610. The first-order chi connectivity index (χ1) is 25.3. The largest absolute Gasteiger partial charge is 0.310 e. The summed E-state index contributed by atoms with van der Waals surface area (Å²) in [7, 11) is 0. The average Bonchev–Trinajstić information content (AvgIpc) is 3.15. The minimum Gasteiger partial charge on any atom is -0.310 e. The van der Waals surface area contributed by atoms with Crippen molar-refractivity contribution in [3.05, 3.63) is 186 Å². The molecule has 0 saturated heterocycles. The summed E-state index contributed by atoms with van der Waals surface area (Å²) in [5, 5.41) is 0. The molecular weight excluding hydrogens is 627 g/mol. The molecule has 1 unspecified atom stereocenters. The van der Waals surface area contributed by atoms with E-state index in [0.717, 1.165) is 17.1 Å². The molecule has 274 valence electrons. The minimum atomic E-state index is 0.200. The zero-order chi connectivity index (χ0) is 38.1. The van der Waals surface area contributed by atoms with Crippen molar-refractivity contribution in [3.63, 3.8) is 0 Å². The molecule has 0 amide bonds. The molecule has 6 aromatic carbocycles. The van der Waals surface area contributed by atoms with E-state index >= 15 is 0 Å². The number of benzene rings is 6. The van der Waals surface area contributed by atoms with Crippen molar-refractivity contribution >= 4 is 17.1 Å². The van der Waals surface area contributed by atoms with Crippen LogP contribution in [0.1, 0.15) is 115 Å². The summed E-state index contributed by atoms with van der Waals surface area (Å²) in [5.74, 6) is 0.200. The summed E-state index contributed by atoms with van der Waals surface area (Å²) in [6.07, 6.45) is 5.00. The summed E-state index contributed by atoms with van der Waals surface area (Å²) in [6.45, 7) is 21.3. The topological polar surface area (TPSA) is 3.24 Å². The molecule has 1 nitrogen and oxygen atoms in total. The van der Waals surface area contributed by atoms with E-state index < -0.39 is 0 Å². The molecule has 1 atom stereocenters. The van der Waals surface area contributed by atoms with E-state index in [2.05, 4.69) is 232 Å². The fraction of sp³-hybridized carbons (Fsp3) is 0.294. The van der Waals surface area contributed by atoms with Crippen molar-refractivity contribution < 1.29 is 0 Å². The second-order valence-corrected chi connectivity index (χ2v) is 13.3. The summed E-state index contributed by atoms with van der Waals surface area (Å²) in [5.41, 5.74) is 12.3. The molecule has 6 rings (SSSR count). The van der Waals surface area contributed by atoms with Crippen LogP contribution in [0, 0.1) is 13.8 Å². The van der Waals surface area contributed by atoms with Crippen LogP contribution in [0.5, 0.6) is 0 Å². The van der Waals surface area contributed by atoms with Crippen LogP contribution in [-0.2, 0) is 0 Å². The van der Waals surface area contributed by atoms with Crippen LogP contribution in [0.15, 0.2) is 158 Å². The Hall–Kier alpha value is -4.88. The first kappa shape index (κ1) is 43.3. The molecule has 0 aromatic heterocycles. The monoisotopic (exact) mass is 692 g/mol. The fourth-order valence-corrected chi connectivity index (χ4v) is 5.53. The smallest absolute Gasteiger partial charge is 0.0464 e. The number of anilines is 3. The van der Waals surface area contributed by atoms with Gasteiger partial charge >= 0.3 is 0 Å². The lowest BCUT2D eigenvalue weighted by atomic mass is 9.84. The van der Waals surface area contributed by atoms with Gasteiger partial charge < -0.3 is 4.90 Å². The number of hydrogen-bond donors (Lipinski definition) is 0. The van der Waals surface area contributed by atoms with Crippen LogP contribution in [0.4, 0.5) is 17.1 Å². The third-order valence-corrected chi connectivity index (χ3v) is 7.49. The van der Waals surface area contributed by atoms with Crippen molar-refractivity contribution in [1.82, 2.24) is 0 Å². The lowest BCUT2D eigenvalue weighted by Gasteiger charge is -2.26. The van der Waals surface area contributed by atoms with Crippen LogP contribution >= 0.6 is 0 Å². The molecule has 0 aliphatic heterocycles. The molecule has 0 saturated carbocycles. The lowest BCUT2D eigenvalue weighted by molar-refractivity contribution is 0.975. The highest BCUT2D eigenvalue weighted by Crippen LogP contribution is 2.37. The van der Waals surface area contributed by atoms with Crippen molar-refractivity contribution in [2.75, 3.05) is 4.90 Å². The van der Waals surface area contributed by atoms with Crippen LogP contribution in [0.25, 0.3) is 11.1 Å². The van der Waals surface area contributed by atoms with Crippen LogP contribution in [0.2, 0.25) is 0 Å². The summed E-state index contributed by atoms with van der Waals surface area (Å²) in [6, 6.07) is 56.9. The highest BCUT2D eigenvalue weighted by atomic mass is 15.1. The number of nitrogens with zero attached hydrogens (tertiary/aromatic N) is 1. The third kappa shape index (κ3) is 14.0. The van der Waals surface area contributed by atoms with Gasteiger partial charge in [-0.15, -0.1) is 0 Å². The Kier molecular flexibility index (Phi) is 20.9. The molecule has 1 heteroatoms. The van der Waals surface area contributed by atoms with Gasteiger partial charge in [0.25, 0.3) is 0 Å². The van der Waals surface area contributed by atoms with Gasteiger partial charge in [0.2, 0.25) is 0 Å². The number of aryl methyl sites for hydroxylation is 2. The second-order valence-electron chi connectivity index (χ2n) is 13.3. The maximum absolute atomic E-state index is 2.31. The Morgan fingerprint density at radius 2 is 0.712 bits per heavy atom. The third-order valence-electron chi connectivity index (χ3n) is 7.49. The van der Waals surface area contributed by atoms with Gasteiger partial charge in [0.1, 0.15) is 0 Å². The van der Waals surface area contributed by atoms with Crippen LogP contribution in [0.3, 0.4) is 0 Å². The molecule has 52 heavy (non-hydrogen) atoms. The standard InChI is InChI=1S/C39H33N.4C3H8/c1-29-11-9-15-35(27-29)39(33-13-5-3-6-14-33)34-21-19-31(20-22-34)32-23-25-37(26-24-32)40(36-16-7-4-8-17-36)38-18-10-12-30(2)28-38;4*1-3-2/h3-28,39H,1-2H3;4*3H2,1-2H3. The van der Waals surface area contributed by atoms with Crippen molar-refractivity contribution in [2.24, 2.45) is 0 Å². The number of hydrogen-bond acceptors (Lipinski definition) is 1. The van der Waals surface area contributed by atoms with Gasteiger partial charge in [-0.25, -0.2) is 0 Å². The highest BCUT2D eigenvalue weighted by Gasteiger charge is 2.17. The molecule has 0 fully saturated rings. The first-order valence-electron chi connectivity index (χ1n) is 19.6. The Morgan fingerprint density at radius 1 is 0.346 bits per heavy atom. The van der Waals surface area contributed by atoms with Crippen molar-refractivity contribution in [3.8, 4) is 11.1 Å². The van der Waals surface area contributed by atoms with Gasteiger partial charge in [-0.3, -0.25) is 0 Å². The van der Waals surface area contributed by atoms with E-state index in [9.17, 15) is 0 Å². The van der Waals surface area contributed by atoms with Crippen molar-refractivity contribution in [1.29, 1.82) is 0 Å². The molecule has 6 aromatic rings. The summed E-state index contributed by atoms with van der Waals surface area (Å²) < 4.78 is 0. The van der Waals surface area contributed by atoms with E-state index in [-0.39, 0.29) is 5.92 Å². The zero-order valence-corrected chi connectivity index (χ0v) is 33.9. The van der Waals surface area contributed by atoms with E-state index in [1.807, 2.05) is 0 Å². The minimum absolute atomic E-state index is 0.200. The molecule has 0 aliphatic carbocycles. The van der Waals surface area contributed by atoms with Gasteiger partial charge in [0.05, 0.1) is 0 Å². The normalized spacial score (nSPS) is 10.3. The quantitative estimate of drug-likeness (QED) is 0.151. The fourth-order valence-electron chi connectivity index (χ4n) is 5.53. The maximum atomic E-state index is 2.31. The Balaban J connectivity index is 0.000000691. The van der Waals surface area contributed by atoms with Crippen molar-refractivity contribution in [2.45, 2.75) is 101 Å². The SMILES string of the molecule is CCC.CCC.CCC.CCC.Cc1cccc(C(c2ccccc2)c2ccc(-c3ccc(N(c4ccccc4)c4cccc(C)c4)cc3)cc2)c1. The van der Waals surface area contributed by atoms with Crippen LogP contribution in [-0.4, -0.2) is 0 Å². The van der Waals surface area contributed by atoms with Gasteiger partial charge in [-0.05, 0) is 83.6 Å². The predicted octanol–water partition coefficient (Wildman–Crippen LogP) is 16.3. The Morgan fingerprint density at radius 3 is 1.19 bits per heavy atom. The van der Waals surface area contributed by atoms with Crippen LogP contribution < -0.4 is 4.90 Å². The van der Waals surface area contributed by atoms with Gasteiger partial charge in [-0.1, -0.05) is 208 Å². The Labute approximate surface area is 318 Å². The summed E-state index contributed by atoms with van der Waals surface area (Å²) >= 11 is 0. The lowest BCUT2D eigenvalue weighted by Crippen LogP contribution is -2.09. The zero-order valence-electron chi connectivity index (χ0n) is 33.9. The summed E-state index contributed by atoms with van der Waals surface area (Å²) in [4.78, 5) is 2.31. The predicted molar refractivity (Wildman–Crippen MR) is 234 cm³/mol. The second kappa shape index (κ2) is 25.1. The van der Waals surface area contributed by atoms with E-state index in [0.29, 0.717) is 0 Å². The molecule has 0 bridgehead atoms. The maximum Gasteiger partial charge on any atom is 0.0464 e. The van der Waals surface area contributed by atoms with E-state index in [4.69, 9.17) is 0 Å². The van der Waals surface area contributed by atoms with E-state index in [1.165, 1.54) is 64.6 Å². The highest BCUT2D eigenvalue weighted by molar-refractivity contribution is 5.78. The first-order valence-corrected chi connectivity index (χ1v) is 19.6. The average molecular weight is 692 g/mol. The molecule has 0 aliphatic rings. The molecule has 0 heterocycles. The van der Waals surface area contributed by atoms with Gasteiger partial charge in [0, 0.05) is 23.0 Å². The van der Waals surface area contributed by atoms with E-state index in [1.54, 1.807) is 0 Å². The molecular formula is C51H65N. The van der Waals surface area contributed by atoms with Gasteiger partial charge in [-0.2, -0.15) is 0 Å². The number of rotatable bonds is 7. The molecule has 0 radical (unpaired) electrons. The molecule has 0 spiro atoms. The van der Waals surface area contributed by atoms with Gasteiger partial charge in [0.15, 0.2) is 0 Å². The number of para-hydroxylation sites is 1.